The van der Waals surface area contributed by atoms with Gasteiger partial charge in [0.1, 0.15) is 11.6 Å². The second-order valence-corrected chi connectivity index (χ2v) is 5.79. The summed E-state index contributed by atoms with van der Waals surface area (Å²) < 4.78 is 5.44. The van der Waals surface area contributed by atoms with Crippen LogP contribution in [-0.4, -0.2) is 25.7 Å². The molecule has 0 aromatic heterocycles. The number of anilines is 1. The number of hydrogen-bond acceptors (Lipinski definition) is 4. The van der Waals surface area contributed by atoms with Gasteiger partial charge in [0.2, 0.25) is 0 Å². The first-order chi connectivity index (χ1) is 11.6. The van der Waals surface area contributed by atoms with Crippen molar-refractivity contribution in [3.05, 3.63) is 40.6 Å². The molecule has 0 saturated carbocycles. The zero-order valence-corrected chi connectivity index (χ0v) is 14.9. The van der Waals surface area contributed by atoms with E-state index in [0.717, 1.165) is 31.4 Å². The minimum absolute atomic E-state index is 0.0151. The molecule has 0 saturated heterocycles. The monoisotopic (exact) mass is 349 g/mol. The summed E-state index contributed by atoms with van der Waals surface area (Å²) in [4.78, 5) is 12.1. The van der Waals surface area contributed by atoms with Gasteiger partial charge in [-0.1, -0.05) is 31.0 Å². The molecule has 1 aromatic carbocycles. The fraction of sp³-hybridized carbons (Fsp3) is 0.444. The first-order valence-electron chi connectivity index (χ1n) is 8.07. The highest BCUT2D eigenvalue weighted by Gasteiger charge is 2.10. The number of ether oxygens (including phenoxy) is 1. The van der Waals surface area contributed by atoms with Crippen molar-refractivity contribution in [2.75, 3.05) is 25.1 Å². The van der Waals surface area contributed by atoms with Crippen LogP contribution in [0.2, 0.25) is 5.02 Å². The first kappa shape index (κ1) is 20.0. The van der Waals surface area contributed by atoms with Crippen LogP contribution in [0, 0.1) is 18.3 Å². The van der Waals surface area contributed by atoms with Crippen LogP contribution in [0.15, 0.2) is 30.0 Å². The number of carbonyl (C=O) groups is 1. The fourth-order valence-corrected chi connectivity index (χ4v) is 2.04. The molecule has 0 atom stereocenters. The Kier molecular flexibility index (Phi) is 9.59. The Morgan fingerprint density at radius 1 is 1.38 bits per heavy atom. The second-order valence-electron chi connectivity index (χ2n) is 5.36. The zero-order valence-electron chi connectivity index (χ0n) is 14.2. The molecule has 0 heterocycles. The molecular formula is C18H24ClN3O2. The molecule has 5 nitrogen and oxygen atoms in total. The van der Waals surface area contributed by atoms with Gasteiger partial charge in [0, 0.05) is 36.7 Å². The standard InChI is InChI=1S/C18H24ClN3O2/c1-3-4-9-24-10-5-8-21-13-15(12-20)18(23)22-17-11-16(19)7-6-14(17)2/h6-7,11,13,21H,3-5,8-10H2,1-2H3,(H,22,23)/b15-13-. The van der Waals surface area contributed by atoms with Gasteiger partial charge < -0.3 is 15.4 Å². The quantitative estimate of drug-likeness (QED) is 0.383. The smallest absolute Gasteiger partial charge is 0.267 e. The maximum atomic E-state index is 12.1. The van der Waals surface area contributed by atoms with E-state index in [9.17, 15) is 4.79 Å². The molecule has 0 aliphatic carbocycles. The summed E-state index contributed by atoms with van der Waals surface area (Å²) in [6.07, 6.45) is 4.43. The van der Waals surface area contributed by atoms with Gasteiger partial charge in [-0.15, -0.1) is 0 Å². The van der Waals surface area contributed by atoms with E-state index in [1.807, 2.05) is 19.1 Å². The van der Waals surface area contributed by atoms with Gasteiger partial charge in [0.05, 0.1) is 0 Å². The molecule has 0 spiro atoms. The molecule has 1 rings (SSSR count). The van der Waals surface area contributed by atoms with Crippen molar-refractivity contribution in [1.82, 2.24) is 5.32 Å². The molecule has 0 aliphatic heterocycles. The Labute approximate surface area is 148 Å². The Balaban J connectivity index is 2.43. The minimum Gasteiger partial charge on any atom is -0.390 e. The van der Waals surface area contributed by atoms with Gasteiger partial charge >= 0.3 is 0 Å². The van der Waals surface area contributed by atoms with Gasteiger partial charge in [-0.2, -0.15) is 5.26 Å². The van der Waals surface area contributed by atoms with Gasteiger partial charge in [-0.25, -0.2) is 0 Å². The number of nitriles is 1. The van der Waals surface area contributed by atoms with Gasteiger partial charge in [0.15, 0.2) is 0 Å². The van der Waals surface area contributed by atoms with Crippen LogP contribution < -0.4 is 10.6 Å². The summed E-state index contributed by atoms with van der Waals surface area (Å²) in [5.74, 6) is -0.463. The predicted octanol–water partition coefficient (Wildman–Crippen LogP) is 3.79. The van der Waals surface area contributed by atoms with Crippen LogP contribution in [0.5, 0.6) is 0 Å². The molecule has 1 amide bonds. The van der Waals surface area contributed by atoms with Crippen LogP contribution in [0.1, 0.15) is 31.7 Å². The van der Waals surface area contributed by atoms with E-state index in [4.69, 9.17) is 21.6 Å². The van der Waals surface area contributed by atoms with Crippen LogP contribution >= 0.6 is 11.6 Å². The maximum absolute atomic E-state index is 12.1. The minimum atomic E-state index is -0.463. The molecule has 130 valence electrons. The average molecular weight is 350 g/mol. The summed E-state index contributed by atoms with van der Waals surface area (Å²) in [6.45, 7) is 6.06. The van der Waals surface area contributed by atoms with E-state index < -0.39 is 5.91 Å². The summed E-state index contributed by atoms with van der Waals surface area (Å²) in [6, 6.07) is 7.11. The molecule has 24 heavy (non-hydrogen) atoms. The van der Waals surface area contributed by atoms with Crippen LogP contribution in [0.25, 0.3) is 0 Å². The Bertz CT molecular complexity index is 609. The fourth-order valence-electron chi connectivity index (χ4n) is 1.87. The predicted molar refractivity (Wildman–Crippen MR) is 96.9 cm³/mol. The number of hydrogen-bond donors (Lipinski definition) is 2. The molecule has 0 bridgehead atoms. The third-order valence-corrected chi connectivity index (χ3v) is 3.55. The summed E-state index contributed by atoms with van der Waals surface area (Å²) in [5.41, 5.74) is 1.49. The van der Waals surface area contributed by atoms with Crippen molar-refractivity contribution in [2.45, 2.75) is 33.1 Å². The van der Waals surface area contributed by atoms with E-state index >= 15 is 0 Å². The first-order valence-corrected chi connectivity index (χ1v) is 8.45. The number of benzene rings is 1. The molecular weight excluding hydrogens is 326 g/mol. The normalized spacial score (nSPS) is 11.0. The van der Waals surface area contributed by atoms with Crippen LogP contribution in [0.3, 0.4) is 0 Å². The van der Waals surface area contributed by atoms with Gasteiger partial charge in [0.25, 0.3) is 5.91 Å². The molecule has 0 fully saturated rings. The number of unbranched alkanes of at least 4 members (excludes halogenated alkanes) is 1. The van der Waals surface area contributed by atoms with E-state index in [0.29, 0.717) is 23.9 Å². The van der Waals surface area contributed by atoms with E-state index in [-0.39, 0.29) is 5.57 Å². The Morgan fingerprint density at radius 2 is 2.12 bits per heavy atom. The van der Waals surface area contributed by atoms with Crippen LogP contribution in [-0.2, 0) is 9.53 Å². The number of halogens is 1. The summed E-state index contributed by atoms with van der Waals surface area (Å²) >= 11 is 5.92. The number of amides is 1. The molecule has 2 N–H and O–H groups in total. The molecule has 6 heteroatoms. The van der Waals surface area contributed by atoms with E-state index in [1.54, 1.807) is 12.1 Å². The Morgan fingerprint density at radius 3 is 2.83 bits per heavy atom. The van der Waals surface area contributed by atoms with Gasteiger partial charge in [-0.3, -0.25) is 4.79 Å². The van der Waals surface area contributed by atoms with Crippen molar-refractivity contribution in [3.63, 3.8) is 0 Å². The molecule has 0 aliphatic rings. The van der Waals surface area contributed by atoms with Crippen molar-refractivity contribution in [3.8, 4) is 6.07 Å². The highest BCUT2D eigenvalue weighted by Crippen LogP contribution is 2.20. The molecule has 0 unspecified atom stereocenters. The highest BCUT2D eigenvalue weighted by atomic mass is 35.5. The third kappa shape index (κ3) is 7.49. The number of nitrogens with zero attached hydrogens (tertiary/aromatic N) is 1. The topological polar surface area (TPSA) is 74.1 Å². The van der Waals surface area contributed by atoms with Crippen molar-refractivity contribution >= 4 is 23.2 Å². The number of aryl methyl sites for hydroxylation is 1. The summed E-state index contributed by atoms with van der Waals surface area (Å²) in [7, 11) is 0. The lowest BCUT2D eigenvalue weighted by Crippen LogP contribution is -2.18. The average Bonchev–Trinajstić information content (AvgIpc) is 2.56. The van der Waals surface area contributed by atoms with Crippen molar-refractivity contribution in [2.24, 2.45) is 0 Å². The second kappa shape index (κ2) is 11.5. The van der Waals surface area contributed by atoms with Crippen LogP contribution in [0.4, 0.5) is 5.69 Å². The lowest BCUT2D eigenvalue weighted by molar-refractivity contribution is -0.112. The summed E-state index contributed by atoms with van der Waals surface area (Å²) in [5, 5.41) is 15.3. The van der Waals surface area contributed by atoms with E-state index in [2.05, 4.69) is 17.6 Å². The SMILES string of the molecule is CCCCOCCCN/C=C(/C#N)C(=O)Nc1cc(Cl)ccc1C. The molecule has 1 aromatic rings. The number of nitrogens with one attached hydrogen (secondary N) is 2. The van der Waals surface area contributed by atoms with Crippen molar-refractivity contribution < 1.29 is 9.53 Å². The van der Waals surface area contributed by atoms with Crippen molar-refractivity contribution in [1.29, 1.82) is 5.26 Å². The Hall–Kier alpha value is -2.03. The maximum Gasteiger partial charge on any atom is 0.267 e. The zero-order chi connectivity index (χ0) is 17.8. The lowest BCUT2D eigenvalue weighted by Gasteiger charge is -2.08. The third-order valence-electron chi connectivity index (χ3n) is 3.31. The number of carbonyl (C=O) groups excluding carboxylic acids is 1. The molecule has 0 radical (unpaired) electrons. The highest BCUT2D eigenvalue weighted by molar-refractivity contribution is 6.31. The number of rotatable bonds is 10. The van der Waals surface area contributed by atoms with Gasteiger partial charge in [-0.05, 0) is 37.5 Å². The lowest BCUT2D eigenvalue weighted by atomic mass is 10.2. The largest absolute Gasteiger partial charge is 0.390 e. The van der Waals surface area contributed by atoms with E-state index in [1.165, 1.54) is 6.20 Å².